The van der Waals surface area contributed by atoms with E-state index in [1.165, 1.54) is 6.33 Å². The first kappa shape index (κ1) is 11.6. The van der Waals surface area contributed by atoms with Crippen LogP contribution < -0.4 is 16.6 Å². The zero-order valence-corrected chi connectivity index (χ0v) is 9.37. The van der Waals surface area contributed by atoms with Gasteiger partial charge in [0.2, 0.25) is 0 Å². The van der Waals surface area contributed by atoms with Gasteiger partial charge in [0.15, 0.2) is 5.82 Å². The molecule has 0 aromatic carbocycles. The van der Waals surface area contributed by atoms with Crippen molar-refractivity contribution in [2.75, 3.05) is 11.1 Å². The van der Waals surface area contributed by atoms with Crippen LogP contribution in [0.1, 0.15) is 27.2 Å². The van der Waals surface area contributed by atoms with E-state index < -0.39 is 0 Å². The number of rotatable bonds is 4. The molecule has 0 spiro atoms. The molecule has 1 heterocycles. The van der Waals surface area contributed by atoms with E-state index in [2.05, 4.69) is 36.1 Å². The summed E-state index contributed by atoms with van der Waals surface area (Å²) in [7, 11) is 0. The Balaban J connectivity index is 2.88. The van der Waals surface area contributed by atoms with E-state index in [1.807, 2.05) is 0 Å². The van der Waals surface area contributed by atoms with Crippen molar-refractivity contribution in [1.82, 2.24) is 9.97 Å². The summed E-state index contributed by atoms with van der Waals surface area (Å²) in [6.45, 7) is 6.32. The minimum atomic E-state index is -0.300. The van der Waals surface area contributed by atoms with Gasteiger partial charge in [-0.2, -0.15) is 0 Å². The molecule has 5 nitrogen and oxygen atoms in total. The number of H-pyrrole nitrogens is 1. The number of nitrogens with one attached hydrogen (secondary N) is 2. The molecule has 5 heteroatoms. The summed E-state index contributed by atoms with van der Waals surface area (Å²) < 4.78 is 0. The first-order valence-electron chi connectivity index (χ1n) is 5.16. The van der Waals surface area contributed by atoms with Gasteiger partial charge in [0.05, 0.1) is 6.33 Å². The van der Waals surface area contributed by atoms with E-state index in [0.29, 0.717) is 11.7 Å². The molecule has 0 saturated carbocycles. The number of nitrogens with two attached hydrogens (primary N) is 1. The predicted octanol–water partition coefficient (Wildman–Crippen LogP) is 1.20. The van der Waals surface area contributed by atoms with Gasteiger partial charge in [-0.3, -0.25) is 4.79 Å². The minimum Gasteiger partial charge on any atom is -0.391 e. The standard InChI is InChI=1S/C10H18N4O/c1-4-7(6(2)3)14-9-8(11)10(15)13-5-12-9/h5-7H,4,11H2,1-3H3,(H2,12,13,14,15). The second-order valence-electron chi connectivity index (χ2n) is 3.90. The molecule has 0 aliphatic heterocycles. The normalized spacial score (nSPS) is 12.8. The number of nitrogens with zero attached hydrogens (tertiary/aromatic N) is 1. The Morgan fingerprint density at radius 2 is 2.27 bits per heavy atom. The molecule has 4 N–H and O–H groups in total. The molecular formula is C10H18N4O. The third-order valence-electron chi connectivity index (χ3n) is 2.46. The van der Waals surface area contributed by atoms with Crippen molar-refractivity contribution in [2.24, 2.45) is 5.92 Å². The number of hydrogen-bond acceptors (Lipinski definition) is 4. The van der Waals surface area contributed by atoms with Gasteiger partial charge in [-0.05, 0) is 12.3 Å². The quantitative estimate of drug-likeness (QED) is 0.697. The lowest BCUT2D eigenvalue weighted by atomic mass is 10.0. The summed E-state index contributed by atoms with van der Waals surface area (Å²) in [6, 6.07) is 0.279. The van der Waals surface area contributed by atoms with Crippen LogP contribution in [0.3, 0.4) is 0 Å². The summed E-state index contributed by atoms with van der Waals surface area (Å²) in [5.41, 5.74) is 5.47. The molecule has 15 heavy (non-hydrogen) atoms. The van der Waals surface area contributed by atoms with Gasteiger partial charge in [-0.15, -0.1) is 0 Å². The maximum atomic E-state index is 11.2. The van der Waals surface area contributed by atoms with Crippen molar-refractivity contribution in [1.29, 1.82) is 0 Å². The minimum absolute atomic E-state index is 0.150. The Bertz CT molecular complexity index is 372. The Kier molecular flexibility index (Phi) is 3.71. The fourth-order valence-corrected chi connectivity index (χ4v) is 1.44. The molecule has 0 saturated heterocycles. The molecule has 0 radical (unpaired) electrons. The molecule has 84 valence electrons. The monoisotopic (exact) mass is 210 g/mol. The lowest BCUT2D eigenvalue weighted by Gasteiger charge is -2.21. The van der Waals surface area contributed by atoms with Gasteiger partial charge < -0.3 is 16.0 Å². The van der Waals surface area contributed by atoms with Gasteiger partial charge >= 0.3 is 0 Å². The lowest BCUT2D eigenvalue weighted by Crippen LogP contribution is -2.27. The SMILES string of the molecule is CCC(Nc1nc[nH]c(=O)c1N)C(C)C. The van der Waals surface area contributed by atoms with Crippen LogP contribution in [0.5, 0.6) is 0 Å². The first-order chi connectivity index (χ1) is 7.06. The summed E-state index contributed by atoms with van der Waals surface area (Å²) in [5, 5.41) is 3.18. The molecular weight excluding hydrogens is 192 g/mol. The maximum absolute atomic E-state index is 11.2. The van der Waals surface area contributed by atoms with Crippen LogP contribution in [0.25, 0.3) is 0 Å². The molecule has 0 bridgehead atoms. The van der Waals surface area contributed by atoms with E-state index in [-0.39, 0.29) is 17.3 Å². The molecule has 1 unspecified atom stereocenters. The fourth-order valence-electron chi connectivity index (χ4n) is 1.44. The first-order valence-corrected chi connectivity index (χ1v) is 5.16. The van der Waals surface area contributed by atoms with Gasteiger partial charge in [-0.1, -0.05) is 20.8 Å². The highest BCUT2D eigenvalue weighted by Gasteiger charge is 2.13. The van der Waals surface area contributed by atoms with Gasteiger partial charge in [-0.25, -0.2) is 4.98 Å². The highest BCUT2D eigenvalue weighted by Crippen LogP contribution is 2.15. The highest BCUT2D eigenvalue weighted by molar-refractivity contribution is 5.59. The largest absolute Gasteiger partial charge is 0.391 e. The second kappa shape index (κ2) is 4.82. The zero-order chi connectivity index (χ0) is 11.4. The summed E-state index contributed by atoms with van der Waals surface area (Å²) in [5.74, 6) is 0.940. The van der Waals surface area contributed by atoms with E-state index in [0.717, 1.165) is 6.42 Å². The lowest BCUT2D eigenvalue weighted by molar-refractivity contribution is 0.510. The Morgan fingerprint density at radius 3 is 2.80 bits per heavy atom. The number of hydrogen-bond donors (Lipinski definition) is 3. The topological polar surface area (TPSA) is 83.8 Å². The van der Waals surface area contributed by atoms with Crippen molar-refractivity contribution < 1.29 is 0 Å². The molecule has 1 aromatic heterocycles. The number of aromatic nitrogens is 2. The van der Waals surface area contributed by atoms with Crippen molar-refractivity contribution in [3.05, 3.63) is 16.7 Å². The molecule has 0 aliphatic rings. The molecule has 0 fully saturated rings. The molecule has 0 amide bonds. The van der Waals surface area contributed by atoms with Crippen molar-refractivity contribution in [3.63, 3.8) is 0 Å². The van der Waals surface area contributed by atoms with Gasteiger partial charge in [0, 0.05) is 6.04 Å². The van der Waals surface area contributed by atoms with E-state index in [9.17, 15) is 4.79 Å². The zero-order valence-electron chi connectivity index (χ0n) is 9.37. The third-order valence-corrected chi connectivity index (χ3v) is 2.46. The van der Waals surface area contributed by atoms with Crippen LogP contribution in [0.4, 0.5) is 11.5 Å². The number of anilines is 2. The molecule has 1 aromatic rings. The van der Waals surface area contributed by atoms with E-state index in [1.54, 1.807) is 0 Å². The highest BCUT2D eigenvalue weighted by atomic mass is 16.1. The molecule has 0 aliphatic carbocycles. The van der Waals surface area contributed by atoms with Crippen molar-refractivity contribution in [2.45, 2.75) is 33.2 Å². The summed E-state index contributed by atoms with van der Waals surface area (Å²) >= 11 is 0. The second-order valence-corrected chi connectivity index (χ2v) is 3.90. The average Bonchev–Trinajstić information content (AvgIpc) is 2.19. The van der Waals surface area contributed by atoms with Crippen LogP contribution in [-0.2, 0) is 0 Å². The van der Waals surface area contributed by atoms with Crippen molar-refractivity contribution >= 4 is 11.5 Å². The molecule has 1 rings (SSSR count). The predicted molar refractivity (Wildman–Crippen MR) is 61.8 cm³/mol. The summed E-state index contributed by atoms with van der Waals surface area (Å²) in [4.78, 5) is 17.7. The molecule has 1 atom stereocenters. The number of nitrogen functional groups attached to an aromatic ring is 1. The van der Waals surface area contributed by atoms with Crippen LogP contribution in [0.2, 0.25) is 0 Å². The average molecular weight is 210 g/mol. The summed E-state index contributed by atoms with van der Waals surface area (Å²) in [6.07, 6.45) is 2.32. The third kappa shape index (κ3) is 2.71. The van der Waals surface area contributed by atoms with Crippen LogP contribution in [0.15, 0.2) is 11.1 Å². The van der Waals surface area contributed by atoms with Gasteiger partial charge in [0.25, 0.3) is 5.56 Å². The van der Waals surface area contributed by atoms with Crippen LogP contribution in [0, 0.1) is 5.92 Å². The number of aromatic amines is 1. The van der Waals surface area contributed by atoms with Crippen LogP contribution >= 0.6 is 0 Å². The Labute approximate surface area is 89.1 Å². The smallest absolute Gasteiger partial charge is 0.276 e. The Hall–Kier alpha value is -1.52. The van der Waals surface area contributed by atoms with E-state index in [4.69, 9.17) is 5.73 Å². The van der Waals surface area contributed by atoms with Crippen LogP contribution in [-0.4, -0.2) is 16.0 Å². The fraction of sp³-hybridized carbons (Fsp3) is 0.600. The van der Waals surface area contributed by atoms with E-state index >= 15 is 0 Å². The van der Waals surface area contributed by atoms with Gasteiger partial charge in [0.1, 0.15) is 5.69 Å². The maximum Gasteiger partial charge on any atom is 0.276 e. The Morgan fingerprint density at radius 1 is 1.60 bits per heavy atom. The van der Waals surface area contributed by atoms with Crippen molar-refractivity contribution in [3.8, 4) is 0 Å².